The van der Waals surface area contributed by atoms with Crippen molar-refractivity contribution < 1.29 is 4.79 Å². The molecule has 2 amide bonds. The van der Waals surface area contributed by atoms with E-state index in [2.05, 4.69) is 20.7 Å². The fraction of sp³-hybridized carbons (Fsp3) is 0.133. The molecule has 0 aliphatic heterocycles. The smallest absolute Gasteiger partial charge is 0.329 e. The number of nitrogens with one attached hydrogen (secondary N) is 2. The Morgan fingerprint density at radius 3 is 2.76 bits per heavy atom. The molecule has 0 radical (unpaired) electrons. The van der Waals surface area contributed by atoms with Gasteiger partial charge in [0.1, 0.15) is 6.33 Å². The molecule has 2 heterocycles. The predicted molar refractivity (Wildman–Crippen MR) is 80.3 cm³/mol. The molecule has 0 spiro atoms. The molecule has 0 aliphatic rings. The van der Waals surface area contributed by atoms with E-state index in [9.17, 15) is 4.79 Å². The first kappa shape index (κ1) is 13.1. The molecule has 2 aromatic heterocycles. The fourth-order valence-corrected chi connectivity index (χ4v) is 2.09. The first-order chi connectivity index (χ1) is 10.2. The second kappa shape index (κ2) is 5.62. The molecule has 0 aliphatic carbocycles. The van der Waals surface area contributed by atoms with Crippen molar-refractivity contribution in [3.05, 3.63) is 60.7 Å². The highest BCUT2D eigenvalue weighted by molar-refractivity contribution is 5.85. The lowest BCUT2D eigenvalue weighted by Gasteiger charge is -2.14. The summed E-state index contributed by atoms with van der Waals surface area (Å²) in [6, 6.07) is 12.7. The van der Waals surface area contributed by atoms with Gasteiger partial charge in [-0.15, -0.1) is 0 Å². The molecule has 3 aromatic rings. The number of rotatable bonds is 3. The Morgan fingerprint density at radius 1 is 1.14 bits per heavy atom. The number of hydrogen-bond donors (Lipinski definition) is 2. The van der Waals surface area contributed by atoms with Crippen LogP contribution in [0.4, 0.5) is 4.79 Å². The Kier molecular flexibility index (Phi) is 3.51. The topological polar surface area (TPSA) is 71.8 Å². The molecule has 0 saturated carbocycles. The molecule has 6 heteroatoms. The van der Waals surface area contributed by atoms with E-state index in [0.717, 1.165) is 16.7 Å². The maximum absolute atomic E-state index is 12.0. The lowest BCUT2D eigenvalue weighted by molar-refractivity contribution is 0.246. The monoisotopic (exact) mass is 281 g/mol. The molecule has 0 unspecified atom stereocenters. The van der Waals surface area contributed by atoms with Gasteiger partial charge in [-0.3, -0.25) is 4.98 Å². The van der Waals surface area contributed by atoms with Crippen LogP contribution in [-0.4, -0.2) is 20.7 Å². The Labute approximate surface area is 121 Å². The third-order valence-corrected chi connectivity index (χ3v) is 3.15. The van der Waals surface area contributed by atoms with Crippen molar-refractivity contribution in [2.75, 3.05) is 5.43 Å². The minimum Gasteiger partial charge on any atom is -0.329 e. The number of hydrogen-bond acceptors (Lipinski definition) is 3. The average Bonchev–Trinajstić information content (AvgIpc) is 2.91. The minimum atomic E-state index is -0.309. The van der Waals surface area contributed by atoms with Gasteiger partial charge in [0.05, 0.1) is 22.8 Å². The number of imidazole rings is 1. The summed E-state index contributed by atoms with van der Waals surface area (Å²) in [5.74, 6) is 0. The third-order valence-electron chi connectivity index (χ3n) is 3.15. The van der Waals surface area contributed by atoms with Crippen LogP contribution in [0.15, 0.2) is 55.0 Å². The number of carbonyl (C=O) groups excluding carboxylic acids is 1. The van der Waals surface area contributed by atoms with Crippen molar-refractivity contribution in [1.29, 1.82) is 0 Å². The zero-order valence-corrected chi connectivity index (χ0v) is 11.5. The van der Waals surface area contributed by atoms with Gasteiger partial charge in [-0.25, -0.2) is 19.9 Å². The molecule has 3 rings (SSSR count). The molecule has 0 saturated heterocycles. The quantitative estimate of drug-likeness (QED) is 0.774. The SMILES string of the molecule is C[C@@H](NC(=O)Nn1cnc2ccccc21)c1ccccn1. The van der Waals surface area contributed by atoms with Gasteiger partial charge in [-0.1, -0.05) is 18.2 Å². The number of fused-ring (bicyclic) bond motifs is 1. The van der Waals surface area contributed by atoms with Crippen molar-refractivity contribution in [2.24, 2.45) is 0 Å². The number of aromatic nitrogens is 3. The number of urea groups is 1. The molecular weight excluding hydrogens is 266 g/mol. The maximum Gasteiger partial charge on any atom is 0.334 e. The summed E-state index contributed by atoms with van der Waals surface area (Å²) in [4.78, 5) is 20.5. The summed E-state index contributed by atoms with van der Waals surface area (Å²) in [5.41, 5.74) is 5.23. The maximum atomic E-state index is 12.0. The zero-order valence-electron chi connectivity index (χ0n) is 11.5. The van der Waals surface area contributed by atoms with E-state index in [1.165, 1.54) is 0 Å². The molecule has 0 fully saturated rings. The molecule has 2 N–H and O–H groups in total. The van der Waals surface area contributed by atoms with E-state index >= 15 is 0 Å². The van der Waals surface area contributed by atoms with Crippen LogP contribution in [0, 0.1) is 0 Å². The highest BCUT2D eigenvalue weighted by Crippen LogP contribution is 2.11. The molecule has 21 heavy (non-hydrogen) atoms. The number of pyridine rings is 1. The van der Waals surface area contributed by atoms with Crippen molar-refractivity contribution in [2.45, 2.75) is 13.0 Å². The van der Waals surface area contributed by atoms with Crippen LogP contribution in [0.3, 0.4) is 0 Å². The summed E-state index contributed by atoms with van der Waals surface area (Å²) >= 11 is 0. The van der Waals surface area contributed by atoms with E-state index < -0.39 is 0 Å². The fourth-order valence-electron chi connectivity index (χ4n) is 2.09. The second-order valence-electron chi connectivity index (χ2n) is 4.66. The number of para-hydroxylation sites is 2. The summed E-state index contributed by atoms with van der Waals surface area (Å²) in [6.07, 6.45) is 3.28. The van der Waals surface area contributed by atoms with Crippen LogP contribution in [0.2, 0.25) is 0 Å². The predicted octanol–water partition coefficient (Wildman–Crippen LogP) is 2.45. The highest BCUT2D eigenvalue weighted by Gasteiger charge is 2.11. The molecule has 6 nitrogen and oxygen atoms in total. The van der Waals surface area contributed by atoms with Gasteiger partial charge in [-0.2, -0.15) is 0 Å². The minimum absolute atomic E-state index is 0.180. The van der Waals surface area contributed by atoms with E-state index in [-0.39, 0.29) is 12.1 Å². The van der Waals surface area contributed by atoms with Gasteiger partial charge in [-0.05, 0) is 31.2 Å². The molecular formula is C15H15N5O. The lowest BCUT2D eigenvalue weighted by Crippen LogP contribution is -2.35. The molecule has 1 atom stereocenters. The number of carbonyl (C=O) groups is 1. The Morgan fingerprint density at radius 2 is 1.95 bits per heavy atom. The number of benzene rings is 1. The Bertz CT molecular complexity index is 753. The van der Waals surface area contributed by atoms with Crippen LogP contribution < -0.4 is 10.7 Å². The van der Waals surface area contributed by atoms with E-state index in [4.69, 9.17) is 0 Å². The van der Waals surface area contributed by atoms with E-state index in [0.29, 0.717) is 0 Å². The van der Waals surface area contributed by atoms with Crippen LogP contribution in [0.25, 0.3) is 11.0 Å². The van der Waals surface area contributed by atoms with Crippen LogP contribution in [0.1, 0.15) is 18.7 Å². The standard InChI is InChI=1S/C15H15N5O/c1-11(12-6-4-5-9-16-12)18-15(21)19-20-10-17-13-7-2-3-8-14(13)20/h2-11H,1H3,(H2,18,19,21)/t11-/m1/s1. The average molecular weight is 281 g/mol. The highest BCUT2D eigenvalue weighted by atomic mass is 16.2. The summed E-state index contributed by atoms with van der Waals surface area (Å²) in [7, 11) is 0. The first-order valence-electron chi connectivity index (χ1n) is 6.64. The lowest BCUT2D eigenvalue weighted by atomic mass is 10.2. The van der Waals surface area contributed by atoms with Crippen molar-refractivity contribution >= 4 is 17.1 Å². The van der Waals surface area contributed by atoms with Gasteiger partial charge in [0.15, 0.2) is 0 Å². The number of amides is 2. The van der Waals surface area contributed by atoms with Crippen LogP contribution in [-0.2, 0) is 0 Å². The van der Waals surface area contributed by atoms with Gasteiger partial charge >= 0.3 is 6.03 Å². The second-order valence-corrected chi connectivity index (χ2v) is 4.66. The van der Waals surface area contributed by atoms with Crippen molar-refractivity contribution in [3.8, 4) is 0 Å². The normalized spacial score (nSPS) is 12.0. The van der Waals surface area contributed by atoms with Gasteiger partial charge in [0, 0.05) is 6.20 Å². The zero-order chi connectivity index (χ0) is 14.7. The Hall–Kier alpha value is -2.89. The molecule has 106 valence electrons. The first-order valence-corrected chi connectivity index (χ1v) is 6.64. The van der Waals surface area contributed by atoms with Gasteiger partial charge < -0.3 is 5.32 Å². The summed E-state index contributed by atoms with van der Waals surface area (Å²) in [6.45, 7) is 1.88. The summed E-state index contributed by atoms with van der Waals surface area (Å²) in [5, 5.41) is 2.84. The van der Waals surface area contributed by atoms with Crippen LogP contribution >= 0.6 is 0 Å². The van der Waals surface area contributed by atoms with Gasteiger partial charge in [0.2, 0.25) is 0 Å². The van der Waals surface area contributed by atoms with Crippen molar-refractivity contribution in [3.63, 3.8) is 0 Å². The van der Waals surface area contributed by atoms with Crippen LogP contribution in [0.5, 0.6) is 0 Å². The van der Waals surface area contributed by atoms with E-state index in [1.807, 2.05) is 49.4 Å². The third kappa shape index (κ3) is 2.84. The molecule has 0 bridgehead atoms. The van der Waals surface area contributed by atoms with Gasteiger partial charge in [0.25, 0.3) is 0 Å². The molecule has 1 aromatic carbocycles. The largest absolute Gasteiger partial charge is 0.334 e. The van der Waals surface area contributed by atoms with E-state index in [1.54, 1.807) is 17.2 Å². The summed E-state index contributed by atoms with van der Waals surface area (Å²) < 4.78 is 1.59. The van der Waals surface area contributed by atoms with Crippen molar-refractivity contribution in [1.82, 2.24) is 20.0 Å². The Balaban J connectivity index is 1.69. The number of nitrogens with zero attached hydrogens (tertiary/aromatic N) is 3.